The smallest absolute Gasteiger partial charge is 0.163 e. The zero-order chi connectivity index (χ0) is 9.14. The van der Waals surface area contributed by atoms with Crippen LogP contribution < -0.4 is 11.5 Å². The van der Waals surface area contributed by atoms with Crippen molar-refractivity contribution in [3.8, 4) is 0 Å². The molecule has 0 saturated carbocycles. The molecule has 0 fully saturated rings. The molecule has 0 aromatic heterocycles. The molecule has 0 saturated heterocycles. The van der Waals surface area contributed by atoms with E-state index < -0.39 is 17.7 Å². The molecule has 1 atom stereocenters. The zero-order valence-electron chi connectivity index (χ0n) is 6.43. The second-order valence-electron chi connectivity index (χ2n) is 2.49. The van der Waals surface area contributed by atoms with Gasteiger partial charge in [0.2, 0.25) is 0 Å². The molecule has 0 spiro atoms. The van der Waals surface area contributed by atoms with Crippen molar-refractivity contribution >= 4 is 0 Å². The summed E-state index contributed by atoms with van der Waals surface area (Å²) in [5.74, 6) is -1.80. The van der Waals surface area contributed by atoms with Crippen LogP contribution in [0.25, 0.3) is 0 Å². The minimum absolute atomic E-state index is 0.0976. The second-order valence-corrected chi connectivity index (χ2v) is 2.49. The number of halogens is 2. The number of nitrogens with two attached hydrogens (primary N) is 2. The Morgan fingerprint density at radius 2 is 2.00 bits per heavy atom. The first-order valence-electron chi connectivity index (χ1n) is 3.56. The Labute approximate surface area is 69.2 Å². The van der Waals surface area contributed by atoms with Crippen molar-refractivity contribution in [1.29, 1.82) is 0 Å². The SMILES string of the molecule is NC[C@@H](N)c1cccc(F)c1F. The minimum Gasteiger partial charge on any atom is -0.329 e. The van der Waals surface area contributed by atoms with Gasteiger partial charge in [0.15, 0.2) is 11.6 Å². The van der Waals surface area contributed by atoms with Gasteiger partial charge in [-0.05, 0) is 6.07 Å². The fraction of sp³-hybridized carbons (Fsp3) is 0.250. The second kappa shape index (κ2) is 3.60. The maximum Gasteiger partial charge on any atom is 0.163 e. The van der Waals surface area contributed by atoms with Gasteiger partial charge in [-0.2, -0.15) is 0 Å². The van der Waals surface area contributed by atoms with Gasteiger partial charge in [0, 0.05) is 18.2 Å². The highest BCUT2D eigenvalue weighted by Gasteiger charge is 2.12. The third kappa shape index (κ3) is 1.60. The van der Waals surface area contributed by atoms with E-state index in [0.29, 0.717) is 0 Å². The van der Waals surface area contributed by atoms with Gasteiger partial charge in [-0.25, -0.2) is 8.78 Å². The molecule has 4 heteroatoms. The predicted molar refractivity (Wildman–Crippen MR) is 42.3 cm³/mol. The molecule has 4 N–H and O–H groups in total. The summed E-state index contributed by atoms with van der Waals surface area (Å²) in [5.41, 5.74) is 10.8. The molecule has 2 nitrogen and oxygen atoms in total. The van der Waals surface area contributed by atoms with E-state index in [9.17, 15) is 8.78 Å². The van der Waals surface area contributed by atoms with Crippen molar-refractivity contribution in [2.75, 3.05) is 6.54 Å². The molecule has 0 amide bonds. The lowest BCUT2D eigenvalue weighted by Gasteiger charge is -2.09. The van der Waals surface area contributed by atoms with E-state index in [1.807, 2.05) is 0 Å². The van der Waals surface area contributed by atoms with Crippen LogP contribution in [-0.4, -0.2) is 6.54 Å². The largest absolute Gasteiger partial charge is 0.329 e. The van der Waals surface area contributed by atoms with Crippen LogP contribution in [0, 0.1) is 11.6 Å². The summed E-state index contributed by atoms with van der Waals surface area (Å²) in [6.45, 7) is 0.0976. The van der Waals surface area contributed by atoms with Crippen LogP contribution >= 0.6 is 0 Å². The molecule has 1 aromatic rings. The maximum atomic E-state index is 12.9. The third-order valence-corrected chi connectivity index (χ3v) is 1.63. The number of hydrogen-bond donors (Lipinski definition) is 2. The summed E-state index contributed by atoms with van der Waals surface area (Å²) < 4.78 is 25.5. The van der Waals surface area contributed by atoms with Crippen LogP contribution in [0.2, 0.25) is 0 Å². The van der Waals surface area contributed by atoms with E-state index >= 15 is 0 Å². The Bertz CT molecular complexity index is 276. The molecule has 0 aliphatic rings. The third-order valence-electron chi connectivity index (χ3n) is 1.63. The zero-order valence-corrected chi connectivity index (χ0v) is 6.43. The lowest BCUT2D eigenvalue weighted by atomic mass is 10.1. The van der Waals surface area contributed by atoms with E-state index in [4.69, 9.17) is 11.5 Å². The van der Waals surface area contributed by atoms with Gasteiger partial charge in [0.1, 0.15) is 0 Å². The first kappa shape index (κ1) is 9.09. The summed E-state index contributed by atoms with van der Waals surface area (Å²) >= 11 is 0. The molecule has 0 radical (unpaired) electrons. The molecule has 0 heterocycles. The summed E-state index contributed by atoms with van der Waals surface area (Å²) in [4.78, 5) is 0. The quantitative estimate of drug-likeness (QED) is 0.697. The van der Waals surface area contributed by atoms with Crippen LogP contribution in [0.15, 0.2) is 18.2 Å². The van der Waals surface area contributed by atoms with Gasteiger partial charge in [0.25, 0.3) is 0 Å². The van der Waals surface area contributed by atoms with E-state index in [0.717, 1.165) is 6.07 Å². The van der Waals surface area contributed by atoms with Gasteiger partial charge >= 0.3 is 0 Å². The van der Waals surface area contributed by atoms with E-state index in [1.54, 1.807) is 0 Å². The Kier molecular flexibility index (Phi) is 2.73. The molecule has 0 aliphatic carbocycles. The average Bonchev–Trinajstić information content (AvgIpc) is 2.08. The summed E-state index contributed by atoms with van der Waals surface area (Å²) in [6, 6.07) is 3.24. The maximum absolute atomic E-state index is 12.9. The molecule has 66 valence electrons. The molecule has 0 bridgehead atoms. The summed E-state index contributed by atoms with van der Waals surface area (Å²) in [5, 5.41) is 0. The van der Waals surface area contributed by atoms with Gasteiger partial charge in [-0.15, -0.1) is 0 Å². The van der Waals surface area contributed by atoms with Crippen molar-refractivity contribution in [3.63, 3.8) is 0 Å². The average molecular weight is 172 g/mol. The number of rotatable bonds is 2. The Morgan fingerprint density at radius 3 is 2.58 bits per heavy atom. The van der Waals surface area contributed by atoms with Crippen LogP contribution in [0.5, 0.6) is 0 Å². The Balaban J connectivity index is 3.07. The van der Waals surface area contributed by atoms with Crippen molar-refractivity contribution in [2.45, 2.75) is 6.04 Å². The van der Waals surface area contributed by atoms with Crippen LogP contribution in [-0.2, 0) is 0 Å². The monoisotopic (exact) mass is 172 g/mol. The molecule has 0 aliphatic heterocycles. The van der Waals surface area contributed by atoms with Crippen molar-refractivity contribution < 1.29 is 8.78 Å². The standard InChI is InChI=1S/C8H10F2N2/c9-6-3-1-2-5(8(6)10)7(12)4-11/h1-3,7H,4,11-12H2/t7-/m1/s1. The number of hydrogen-bond acceptors (Lipinski definition) is 2. The normalized spacial score (nSPS) is 13.0. The van der Waals surface area contributed by atoms with E-state index in [2.05, 4.69) is 0 Å². The van der Waals surface area contributed by atoms with E-state index in [1.165, 1.54) is 12.1 Å². The Morgan fingerprint density at radius 1 is 1.33 bits per heavy atom. The van der Waals surface area contributed by atoms with Crippen molar-refractivity contribution in [2.24, 2.45) is 11.5 Å². The molecular weight excluding hydrogens is 162 g/mol. The van der Waals surface area contributed by atoms with Gasteiger partial charge in [-0.3, -0.25) is 0 Å². The fourth-order valence-electron chi connectivity index (χ4n) is 0.934. The highest BCUT2D eigenvalue weighted by atomic mass is 19.2. The fourth-order valence-corrected chi connectivity index (χ4v) is 0.934. The first-order valence-corrected chi connectivity index (χ1v) is 3.56. The lowest BCUT2D eigenvalue weighted by molar-refractivity contribution is 0.489. The molecule has 0 unspecified atom stereocenters. The summed E-state index contributed by atoms with van der Waals surface area (Å²) in [7, 11) is 0. The topological polar surface area (TPSA) is 52.0 Å². The van der Waals surface area contributed by atoms with Crippen molar-refractivity contribution in [1.82, 2.24) is 0 Å². The van der Waals surface area contributed by atoms with Crippen LogP contribution in [0.3, 0.4) is 0 Å². The molecular formula is C8H10F2N2. The number of benzene rings is 1. The highest BCUT2D eigenvalue weighted by Crippen LogP contribution is 2.16. The minimum atomic E-state index is -0.907. The molecule has 1 aromatic carbocycles. The van der Waals surface area contributed by atoms with Gasteiger partial charge in [-0.1, -0.05) is 12.1 Å². The van der Waals surface area contributed by atoms with Gasteiger partial charge in [0.05, 0.1) is 0 Å². The molecule has 12 heavy (non-hydrogen) atoms. The van der Waals surface area contributed by atoms with Crippen LogP contribution in [0.4, 0.5) is 8.78 Å². The lowest BCUT2D eigenvalue weighted by Crippen LogP contribution is -2.22. The van der Waals surface area contributed by atoms with Crippen molar-refractivity contribution in [3.05, 3.63) is 35.4 Å². The first-order chi connectivity index (χ1) is 5.66. The van der Waals surface area contributed by atoms with Crippen LogP contribution in [0.1, 0.15) is 11.6 Å². The summed E-state index contributed by atoms with van der Waals surface area (Å²) in [6.07, 6.45) is 0. The Hall–Kier alpha value is -1.00. The highest BCUT2D eigenvalue weighted by molar-refractivity contribution is 5.22. The molecule has 1 rings (SSSR count). The van der Waals surface area contributed by atoms with E-state index in [-0.39, 0.29) is 12.1 Å². The van der Waals surface area contributed by atoms with Gasteiger partial charge < -0.3 is 11.5 Å². The predicted octanol–water partition coefficient (Wildman–Crippen LogP) is 0.923.